The summed E-state index contributed by atoms with van der Waals surface area (Å²) >= 11 is 1.32. The number of rotatable bonds is 5. The molecule has 8 nitrogen and oxygen atoms in total. The molecule has 3 aromatic rings. The van der Waals surface area contributed by atoms with E-state index < -0.39 is 16.7 Å². The molecule has 2 N–H and O–H groups in total. The van der Waals surface area contributed by atoms with E-state index >= 15 is 0 Å². The summed E-state index contributed by atoms with van der Waals surface area (Å²) in [7, 11) is 0. The number of nitro groups is 1. The van der Waals surface area contributed by atoms with Gasteiger partial charge in [0, 0.05) is 28.6 Å². The fourth-order valence-electron chi connectivity index (χ4n) is 2.40. The largest absolute Gasteiger partial charge is 0.289 e. The molecule has 2 amide bonds. The van der Waals surface area contributed by atoms with Crippen molar-refractivity contribution in [3.05, 3.63) is 80.8 Å². The lowest BCUT2D eigenvalue weighted by molar-refractivity contribution is -0.384. The minimum absolute atomic E-state index is 0.0597. The lowest BCUT2D eigenvalue weighted by Gasteiger charge is -2.06. The molecule has 0 bridgehead atoms. The minimum atomic E-state index is -0.664. The first-order chi connectivity index (χ1) is 13.5. The molecule has 9 heteroatoms. The number of hydrogen-bond donors (Lipinski definition) is 2. The van der Waals surface area contributed by atoms with Gasteiger partial charge in [-0.05, 0) is 18.1 Å². The fourth-order valence-corrected chi connectivity index (χ4v) is 3.21. The molecular weight excluding hydrogens is 380 g/mol. The van der Waals surface area contributed by atoms with E-state index in [1.165, 1.54) is 35.1 Å². The average Bonchev–Trinajstić information content (AvgIpc) is 3.22. The topological polar surface area (TPSA) is 114 Å². The van der Waals surface area contributed by atoms with Gasteiger partial charge in [-0.1, -0.05) is 37.3 Å². The number of hydrazine groups is 1. The van der Waals surface area contributed by atoms with Gasteiger partial charge in [0.15, 0.2) is 0 Å². The first kappa shape index (κ1) is 19.2. The van der Waals surface area contributed by atoms with Crippen molar-refractivity contribution in [2.45, 2.75) is 13.3 Å². The number of nitrogens with one attached hydrogen (secondary N) is 2. The van der Waals surface area contributed by atoms with Gasteiger partial charge in [-0.15, -0.1) is 11.3 Å². The van der Waals surface area contributed by atoms with E-state index in [0.29, 0.717) is 5.01 Å². The van der Waals surface area contributed by atoms with Crippen LogP contribution in [-0.2, 0) is 6.42 Å². The van der Waals surface area contributed by atoms with Crippen LogP contribution in [0.1, 0.15) is 33.3 Å². The average molecular weight is 396 g/mol. The van der Waals surface area contributed by atoms with E-state index in [1.54, 1.807) is 5.38 Å². The Balaban J connectivity index is 1.63. The number of non-ortho nitro benzene ring substituents is 1. The van der Waals surface area contributed by atoms with Gasteiger partial charge in [0.25, 0.3) is 17.5 Å². The highest BCUT2D eigenvalue weighted by atomic mass is 32.1. The van der Waals surface area contributed by atoms with Gasteiger partial charge in [-0.3, -0.25) is 30.6 Å². The molecule has 3 rings (SSSR count). The van der Waals surface area contributed by atoms with Crippen molar-refractivity contribution < 1.29 is 14.5 Å². The highest BCUT2D eigenvalue weighted by Gasteiger charge is 2.15. The number of hydrogen-bond acceptors (Lipinski definition) is 6. The number of nitrogens with zero attached hydrogens (tertiary/aromatic N) is 2. The van der Waals surface area contributed by atoms with Gasteiger partial charge in [0.2, 0.25) is 0 Å². The summed E-state index contributed by atoms with van der Waals surface area (Å²) in [5.41, 5.74) is 6.63. The molecule has 0 aliphatic heterocycles. The Hall–Kier alpha value is -3.59. The molecule has 0 unspecified atom stereocenters. The second-order valence-electron chi connectivity index (χ2n) is 5.80. The smallest absolute Gasteiger partial charge is 0.267 e. The van der Waals surface area contributed by atoms with Crippen molar-refractivity contribution in [1.82, 2.24) is 15.8 Å². The third kappa shape index (κ3) is 4.38. The van der Waals surface area contributed by atoms with Crippen LogP contribution < -0.4 is 10.9 Å². The predicted octanol–water partition coefficient (Wildman–Crippen LogP) is 3.36. The van der Waals surface area contributed by atoms with Crippen molar-refractivity contribution in [3.8, 4) is 10.6 Å². The summed E-state index contributed by atoms with van der Waals surface area (Å²) in [6.45, 7) is 2.07. The molecular formula is C19H16N4O4S. The molecule has 1 heterocycles. The van der Waals surface area contributed by atoms with Crippen molar-refractivity contribution in [2.24, 2.45) is 0 Å². The summed E-state index contributed by atoms with van der Waals surface area (Å²) in [6, 6.07) is 13.1. The maximum Gasteiger partial charge on any atom is 0.289 e. The van der Waals surface area contributed by atoms with E-state index in [0.717, 1.165) is 18.1 Å². The normalized spacial score (nSPS) is 10.3. The molecule has 0 saturated heterocycles. The SMILES string of the molecule is CCc1ccc(-c2nc(C(=O)NNC(=O)c3cccc([N+](=O)[O-])c3)cs2)cc1. The molecule has 0 saturated carbocycles. The Kier molecular flexibility index (Phi) is 5.75. The van der Waals surface area contributed by atoms with Gasteiger partial charge >= 0.3 is 0 Å². The van der Waals surface area contributed by atoms with Crippen molar-refractivity contribution in [1.29, 1.82) is 0 Å². The monoisotopic (exact) mass is 396 g/mol. The van der Waals surface area contributed by atoms with E-state index in [-0.39, 0.29) is 16.9 Å². The number of carbonyl (C=O) groups is 2. The molecule has 0 fully saturated rings. The predicted molar refractivity (Wildman–Crippen MR) is 105 cm³/mol. The van der Waals surface area contributed by atoms with E-state index in [2.05, 4.69) is 22.8 Å². The second-order valence-corrected chi connectivity index (χ2v) is 6.66. The third-order valence-corrected chi connectivity index (χ3v) is 4.85. The van der Waals surface area contributed by atoms with Gasteiger partial charge in [0.1, 0.15) is 10.7 Å². The molecule has 2 aromatic carbocycles. The van der Waals surface area contributed by atoms with Gasteiger partial charge in [0.05, 0.1) is 4.92 Å². The number of aromatic nitrogens is 1. The molecule has 1 aromatic heterocycles. The molecule has 142 valence electrons. The maximum absolute atomic E-state index is 12.2. The van der Waals surface area contributed by atoms with Gasteiger partial charge in [-0.2, -0.15) is 0 Å². The fraction of sp³-hybridized carbons (Fsp3) is 0.105. The lowest BCUT2D eigenvalue weighted by Crippen LogP contribution is -2.41. The molecule has 0 spiro atoms. The zero-order valence-electron chi connectivity index (χ0n) is 14.8. The first-order valence-corrected chi connectivity index (χ1v) is 9.26. The Morgan fingerprint density at radius 2 is 1.82 bits per heavy atom. The number of amides is 2. The molecule has 0 aliphatic carbocycles. The summed E-state index contributed by atoms with van der Waals surface area (Å²) in [6.07, 6.45) is 0.941. The number of carbonyl (C=O) groups excluding carboxylic acids is 2. The Labute approximate surface area is 164 Å². The van der Waals surface area contributed by atoms with Crippen molar-refractivity contribution >= 4 is 28.8 Å². The van der Waals surface area contributed by atoms with Crippen LogP contribution in [-0.4, -0.2) is 21.7 Å². The van der Waals surface area contributed by atoms with Crippen molar-refractivity contribution in [3.63, 3.8) is 0 Å². The second kappa shape index (κ2) is 8.40. The van der Waals surface area contributed by atoms with E-state index in [9.17, 15) is 19.7 Å². The maximum atomic E-state index is 12.2. The lowest BCUT2D eigenvalue weighted by atomic mass is 10.1. The van der Waals surface area contributed by atoms with Crippen LogP contribution in [0.4, 0.5) is 5.69 Å². The Morgan fingerprint density at radius 1 is 1.11 bits per heavy atom. The standard InChI is InChI=1S/C19H16N4O4S/c1-2-12-6-8-13(9-7-12)19-20-16(11-28-19)18(25)22-21-17(24)14-4-3-5-15(10-14)23(26)27/h3-11H,2H2,1H3,(H,21,24)(H,22,25). The number of benzene rings is 2. The van der Waals surface area contributed by atoms with Crippen LogP contribution in [0, 0.1) is 10.1 Å². The molecule has 0 aliphatic rings. The summed E-state index contributed by atoms with van der Waals surface area (Å²) in [4.78, 5) is 38.8. The first-order valence-electron chi connectivity index (χ1n) is 8.38. The van der Waals surface area contributed by atoms with Crippen LogP contribution in [0.3, 0.4) is 0 Å². The van der Waals surface area contributed by atoms with E-state index in [4.69, 9.17) is 0 Å². The van der Waals surface area contributed by atoms with Crippen LogP contribution in [0.2, 0.25) is 0 Å². The number of nitro benzene ring substituents is 1. The quantitative estimate of drug-likeness (QED) is 0.507. The van der Waals surface area contributed by atoms with Gasteiger partial charge < -0.3 is 0 Å². The Bertz CT molecular complexity index is 1030. The molecule has 28 heavy (non-hydrogen) atoms. The van der Waals surface area contributed by atoms with Crippen molar-refractivity contribution in [2.75, 3.05) is 0 Å². The minimum Gasteiger partial charge on any atom is -0.267 e. The van der Waals surface area contributed by atoms with E-state index in [1.807, 2.05) is 24.3 Å². The zero-order valence-corrected chi connectivity index (χ0v) is 15.7. The molecule has 0 radical (unpaired) electrons. The summed E-state index contributed by atoms with van der Waals surface area (Å²) in [5.74, 6) is -1.24. The van der Waals surface area contributed by atoms with Gasteiger partial charge in [-0.25, -0.2) is 4.98 Å². The highest BCUT2D eigenvalue weighted by molar-refractivity contribution is 7.13. The molecule has 0 atom stereocenters. The highest BCUT2D eigenvalue weighted by Crippen LogP contribution is 2.24. The zero-order chi connectivity index (χ0) is 20.1. The summed E-state index contributed by atoms with van der Waals surface area (Å²) in [5, 5.41) is 13.1. The van der Waals surface area contributed by atoms with Crippen LogP contribution in [0.25, 0.3) is 10.6 Å². The number of thiazole rings is 1. The Morgan fingerprint density at radius 3 is 2.50 bits per heavy atom. The number of aryl methyl sites for hydroxylation is 1. The third-order valence-electron chi connectivity index (χ3n) is 3.95. The summed E-state index contributed by atoms with van der Waals surface area (Å²) < 4.78 is 0. The van der Waals surface area contributed by atoms with Crippen LogP contribution in [0.15, 0.2) is 53.9 Å². The van der Waals surface area contributed by atoms with Crippen LogP contribution in [0.5, 0.6) is 0 Å². The van der Waals surface area contributed by atoms with Crippen LogP contribution >= 0.6 is 11.3 Å².